The van der Waals surface area contributed by atoms with Crippen LogP contribution in [-0.2, 0) is 16.8 Å². The van der Waals surface area contributed by atoms with Gasteiger partial charge in [-0.05, 0) is 43.7 Å². The summed E-state index contributed by atoms with van der Waals surface area (Å²) in [5, 5.41) is 0. The molecule has 0 bridgehead atoms. The van der Waals surface area contributed by atoms with E-state index in [0.717, 1.165) is 26.0 Å². The van der Waals surface area contributed by atoms with Crippen molar-refractivity contribution in [3.63, 3.8) is 0 Å². The number of nitrogens with zero attached hydrogens (tertiary/aromatic N) is 1. The molecule has 0 N–H and O–H groups in total. The lowest BCUT2D eigenvalue weighted by Crippen LogP contribution is -2.57. The van der Waals surface area contributed by atoms with Gasteiger partial charge >= 0.3 is 0 Å². The quantitative estimate of drug-likeness (QED) is 0.754. The van der Waals surface area contributed by atoms with Gasteiger partial charge in [0.25, 0.3) is 0 Å². The number of rotatable bonds is 4. The predicted octanol–water partition coefficient (Wildman–Crippen LogP) is 5.18. The van der Waals surface area contributed by atoms with E-state index in [4.69, 9.17) is 4.74 Å². The fourth-order valence-electron chi connectivity index (χ4n) is 4.84. The molecule has 2 aliphatic rings. The van der Waals surface area contributed by atoms with E-state index in [2.05, 4.69) is 79.4 Å². The van der Waals surface area contributed by atoms with Gasteiger partial charge in [0.15, 0.2) is 0 Å². The van der Waals surface area contributed by atoms with Gasteiger partial charge in [-0.15, -0.1) is 0 Å². The Morgan fingerprint density at radius 3 is 2.38 bits per heavy atom. The van der Waals surface area contributed by atoms with E-state index >= 15 is 0 Å². The zero-order chi connectivity index (χ0) is 18.0. The highest BCUT2D eigenvalue weighted by molar-refractivity contribution is 5.26. The van der Waals surface area contributed by atoms with Crippen LogP contribution in [0.15, 0.2) is 60.7 Å². The van der Waals surface area contributed by atoms with Gasteiger partial charge < -0.3 is 4.74 Å². The number of fused-ring (bicyclic) bond motifs is 1. The monoisotopic (exact) mass is 349 g/mol. The van der Waals surface area contributed by atoms with Crippen LogP contribution in [0.25, 0.3) is 0 Å². The van der Waals surface area contributed by atoms with E-state index < -0.39 is 0 Å². The van der Waals surface area contributed by atoms with Crippen LogP contribution >= 0.6 is 0 Å². The smallest absolute Gasteiger partial charge is 0.0724 e. The molecule has 2 aliphatic heterocycles. The molecular formula is C24H31NO. The van der Waals surface area contributed by atoms with E-state index in [1.165, 1.54) is 30.5 Å². The molecule has 2 heterocycles. The lowest BCUT2D eigenvalue weighted by molar-refractivity contribution is -0.108. The summed E-state index contributed by atoms with van der Waals surface area (Å²) in [4.78, 5) is 2.73. The molecule has 0 amide bonds. The van der Waals surface area contributed by atoms with Crippen molar-refractivity contribution in [2.24, 2.45) is 0 Å². The van der Waals surface area contributed by atoms with Gasteiger partial charge in [0.2, 0.25) is 0 Å². The van der Waals surface area contributed by atoms with Crippen LogP contribution < -0.4 is 0 Å². The maximum Gasteiger partial charge on any atom is 0.0724 e. The topological polar surface area (TPSA) is 12.5 Å². The molecule has 0 spiro atoms. The first-order chi connectivity index (χ1) is 12.6. The molecule has 2 saturated heterocycles. The standard InChI is InChI=1S/C24H31NO/c1-23(21-11-7-4-8-12-21)14-13-22-17-24(2,15-16-25(22)19-23)26-18-20-9-5-3-6-10-20/h3-12,22H,13-19H2,1-2H3. The molecular weight excluding hydrogens is 318 g/mol. The van der Waals surface area contributed by atoms with Crippen molar-refractivity contribution in [3.05, 3.63) is 71.8 Å². The summed E-state index contributed by atoms with van der Waals surface area (Å²) in [6.45, 7) is 7.82. The van der Waals surface area contributed by atoms with Gasteiger partial charge in [-0.25, -0.2) is 0 Å². The molecule has 2 aromatic rings. The zero-order valence-corrected chi connectivity index (χ0v) is 16.2. The summed E-state index contributed by atoms with van der Waals surface area (Å²) < 4.78 is 6.42. The van der Waals surface area contributed by atoms with Crippen LogP contribution in [-0.4, -0.2) is 29.6 Å². The van der Waals surface area contributed by atoms with Crippen molar-refractivity contribution in [3.8, 4) is 0 Å². The third-order valence-corrected chi connectivity index (χ3v) is 6.59. The van der Waals surface area contributed by atoms with Crippen molar-refractivity contribution < 1.29 is 4.74 Å². The number of hydrogen-bond donors (Lipinski definition) is 0. The number of benzene rings is 2. The molecule has 0 aromatic heterocycles. The highest BCUT2D eigenvalue weighted by Crippen LogP contribution is 2.42. The van der Waals surface area contributed by atoms with Crippen LogP contribution in [0.5, 0.6) is 0 Å². The molecule has 0 aliphatic carbocycles. The Labute approximate surface area is 158 Å². The normalized spacial score (nSPS) is 32.2. The Morgan fingerprint density at radius 2 is 1.65 bits per heavy atom. The first-order valence-corrected chi connectivity index (χ1v) is 10.0. The minimum Gasteiger partial charge on any atom is -0.371 e. The fourth-order valence-corrected chi connectivity index (χ4v) is 4.84. The molecule has 0 radical (unpaired) electrons. The zero-order valence-electron chi connectivity index (χ0n) is 16.2. The first kappa shape index (κ1) is 17.8. The second-order valence-electron chi connectivity index (χ2n) is 8.77. The molecule has 138 valence electrons. The average molecular weight is 350 g/mol. The molecule has 26 heavy (non-hydrogen) atoms. The Hall–Kier alpha value is -1.64. The second kappa shape index (κ2) is 7.17. The van der Waals surface area contributed by atoms with Gasteiger partial charge in [-0.3, -0.25) is 4.90 Å². The summed E-state index contributed by atoms with van der Waals surface area (Å²) >= 11 is 0. The number of piperidine rings is 2. The Morgan fingerprint density at radius 1 is 0.962 bits per heavy atom. The van der Waals surface area contributed by atoms with Crippen LogP contribution in [0.3, 0.4) is 0 Å². The van der Waals surface area contributed by atoms with Gasteiger partial charge in [-0.1, -0.05) is 67.6 Å². The summed E-state index contributed by atoms with van der Waals surface area (Å²) in [5.74, 6) is 0. The molecule has 2 nitrogen and oxygen atoms in total. The first-order valence-electron chi connectivity index (χ1n) is 10.0. The third-order valence-electron chi connectivity index (χ3n) is 6.59. The molecule has 4 rings (SSSR count). The Bertz CT molecular complexity index is 716. The Kier molecular flexibility index (Phi) is 4.90. The predicted molar refractivity (Wildman–Crippen MR) is 107 cm³/mol. The molecule has 0 saturated carbocycles. The van der Waals surface area contributed by atoms with E-state index in [0.29, 0.717) is 6.04 Å². The highest BCUT2D eigenvalue weighted by atomic mass is 16.5. The van der Waals surface area contributed by atoms with Crippen molar-refractivity contribution in [2.45, 2.75) is 63.2 Å². The van der Waals surface area contributed by atoms with Gasteiger partial charge in [0.1, 0.15) is 0 Å². The summed E-state index contributed by atoms with van der Waals surface area (Å²) in [6.07, 6.45) is 4.83. The van der Waals surface area contributed by atoms with Crippen LogP contribution in [0.2, 0.25) is 0 Å². The molecule has 3 atom stereocenters. The summed E-state index contributed by atoms with van der Waals surface area (Å²) in [7, 11) is 0. The number of ether oxygens (including phenoxy) is 1. The number of hydrogen-bond acceptors (Lipinski definition) is 2. The third kappa shape index (κ3) is 3.72. The van der Waals surface area contributed by atoms with Crippen LogP contribution in [0.1, 0.15) is 50.7 Å². The molecule has 2 heteroatoms. The van der Waals surface area contributed by atoms with E-state index in [-0.39, 0.29) is 11.0 Å². The molecule has 3 unspecified atom stereocenters. The minimum absolute atomic E-state index is 0.0114. The van der Waals surface area contributed by atoms with Gasteiger partial charge in [0, 0.05) is 24.5 Å². The molecule has 2 aromatic carbocycles. The maximum absolute atomic E-state index is 6.42. The van der Waals surface area contributed by atoms with Crippen molar-refractivity contribution in [1.82, 2.24) is 4.90 Å². The lowest BCUT2D eigenvalue weighted by Gasteiger charge is -2.52. The summed E-state index contributed by atoms with van der Waals surface area (Å²) in [5.41, 5.74) is 3.07. The fraction of sp³-hybridized carbons (Fsp3) is 0.500. The van der Waals surface area contributed by atoms with Crippen LogP contribution in [0, 0.1) is 0 Å². The van der Waals surface area contributed by atoms with Crippen LogP contribution in [0.4, 0.5) is 0 Å². The maximum atomic E-state index is 6.42. The van der Waals surface area contributed by atoms with Gasteiger partial charge in [0.05, 0.1) is 12.2 Å². The van der Waals surface area contributed by atoms with Gasteiger partial charge in [-0.2, -0.15) is 0 Å². The largest absolute Gasteiger partial charge is 0.371 e. The van der Waals surface area contributed by atoms with Crippen molar-refractivity contribution >= 4 is 0 Å². The molecule has 2 fully saturated rings. The van der Waals surface area contributed by atoms with E-state index in [1.54, 1.807) is 0 Å². The van der Waals surface area contributed by atoms with E-state index in [1.807, 2.05) is 0 Å². The minimum atomic E-state index is 0.0114. The summed E-state index contributed by atoms with van der Waals surface area (Å²) in [6, 6.07) is 22.3. The van der Waals surface area contributed by atoms with Crippen molar-refractivity contribution in [1.29, 1.82) is 0 Å². The Balaban J connectivity index is 1.39. The van der Waals surface area contributed by atoms with Crippen molar-refractivity contribution in [2.75, 3.05) is 13.1 Å². The van der Waals surface area contributed by atoms with E-state index in [9.17, 15) is 0 Å². The SMILES string of the molecule is CC1(OCc2ccccc2)CCN2CC(C)(c3ccccc3)CCC2C1. The second-order valence-corrected chi connectivity index (χ2v) is 8.77. The lowest BCUT2D eigenvalue weighted by atomic mass is 9.71. The highest BCUT2D eigenvalue weighted by Gasteiger charge is 2.43. The average Bonchev–Trinajstić information content (AvgIpc) is 2.69.